The van der Waals surface area contributed by atoms with Crippen molar-refractivity contribution in [2.45, 2.75) is 6.92 Å². The van der Waals surface area contributed by atoms with Gasteiger partial charge in [-0.25, -0.2) is 0 Å². The summed E-state index contributed by atoms with van der Waals surface area (Å²) in [5.74, 6) is 0.170. The van der Waals surface area contributed by atoms with Gasteiger partial charge < -0.3 is 9.80 Å². The lowest BCUT2D eigenvalue weighted by atomic mass is 9.84. The van der Waals surface area contributed by atoms with Gasteiger partial charge in [-0.1, -0.05) is 36.4 Å². The molecule has 0 saturated heterocycles. The van der Waals surface area contributed by atoms with Gasteiger partial charge in [0.05, 0.1) is 5.41 Å². The molecular weight excluding hydrogens is 248 g/mol. The van der Waals surface area contributed by atoms with Crippen molar-refractivity contribution < 1.29 is 4.79 Å². The molecule has 0 bridgehead atoms. The summed E-state index contributed by atoms with van der Waals surface area (Å²) < 4.78 is 0. The molecule has 0 radical (unpaired) electrons. The van der Waals surface area contributed by atoms with Crippen LogP contribution in [0.4, 0.5) is 0 Å². The van der Waals surface area contributed by atoms with E-state index in [0.717, 1.165) is 18.7 Å². The molecule has 0 atom stereocenters. The van der Waals surface area contributed by atoms with Crippen molar-refractivity contribution in [1.82, 2.24) is 9.80 Å². The Hall–Kier alpha value is -1.45. The summed E-state index contributed by atoms with van der Waals surface area (Å²) in [5.41, 5.74) is 0.663. The summed E-state index contributed by atoms with van der Waals surface area (Å²) in [6.45, 7) is 3.51. The zero-order valence-corrected chi connectivity index (χ0v) is 13.3. The topological polar surface area (TPSA) is 23.6 Å². The second-order valence-corrected chi connectivity index (χ2v) is 6.14. The summed E-state index contributed by atoms with van der Waals surface area (Å²) in [4.78, 5) is 16.7. The lowest BCUT2D eigenvalue weighted by Gasteiger charge is -2.32. The molecule has 0 spiro atoms. The van der Waals surface area contributed by atoms with Crippen LogP contribution in [0.3, 0.4) is 0 Å². The largest absolute Gasteiger partial charge is 0.308 e. The molecule has 0 aromatic heterocycles. The number of benzene rings is 1. The molecule has 1 aromatic rings. The molecule has 0 saturated carbocycles. The van der Waals surface area contributed by atoms with Crippen molar-refractivity contribution in [3.8, 4) is 0 Å². The van der Waals surface area contributed by atoms with Crippen LogP contribution < -0.4 is 0 Å². The SMILES string of the molecule is CN(C)CC(C)(CN(C)C)C(=O)/C=C/c1ccccc1. The number of nitrogens with zero attached hydrogens (tertiary/aromatic N) is 2. The monoisotopic (exact) mass is 274 g/mol. The first-order valence-corrected chi connectivity index (χ1v) is 6.90. The van der Waals surface area contributed by atoms with Crippen molar-refractivity contribution in [1.29, 1.82) is 0 Å². The summed E-state index contributed by atoms with van der Waals surface area (Å²) in [6, 6.07) is 9.92. The van der Waals surface area contributed by atoms with E-state index in [1.165, 1.54) is 0 Å². The Morgan fingerprint density at radius 1 is 1.05 bits per heavy atom. The summed E-state index contributed by atoms with van der Waals surface area (Å²) in [6.07, 6.45) is 3.61. The van der Waals surface area contributed by atoms with E-state index in [1.54, 1.807) is 6.08 Å². The van der Waals surface area contributed by atoms with Crippen molar-refractivity contribution in [3.63, 3.8) is 0 Å². The smallest absolute Gasteiger partial charge is 0.164 e. The zero-order valence-electron chi connectivity index (χ0n) is 13.3. The Bertz CT molecular complexity index is 439. The summed E-state index contributed by atoms with van der Waals surface area (Å²) in [5, 5.41) is 0. The number of hydrogen-bond acceptors (Lipinski definition) is 3. The van der Waals surface area contributed by atoms with Crippen LogP contribution in [0.5, 0.6) is 0 Å². The van der Waals surface area contributed by atoms with Crippen LogP contribution >= 0.6 is 0 Å². The third kappa shape index (κ3) is 5.27. The van der Waals surface area contributed by atoms with Gasteiger partial charge in [0.25, 0.3) is 0 Å². The minimum atomic E-state index is -0.391. The standard InChI is InChI=1S/C17H26N2O/c1-17(13-18(2)3,14-19(4)5)16(20)12-11-15-9-7-6-8-10-15/h6-12H,13-14H2,1-5H3/b12-11+. The third-order valence-corrected chi connectivity index (χ3v) is 3.15. The lowest BCUT2D eigenvalue weighted by Crippen LogP contribution is -2.44. The molecule has 0 unspecified atom stereocenters. The van der Waals surface area contributed by atoms with E-state index < -0.39 is 5.41 Å². The van der Waals surface area contributed by atoms with Crippen LogP contribution in [0.15, 0.2) is 36.4 Å². The molecular formula is C17H26N2O. The van der Waals surface area contributed by atoms with Crippen LogP contribution in [0.1, 0.15) is 12.5 Å². The van der Waals surface area contributed by atoms with Gasteiger partial charge in [-0.15, -0.1) is 0 Å². The first kappa shape index (κ1) is 16.6. The predicted molar refractivity (Wildman–Crippen MR) is 85.7 cm³/mol. The molecule has 1 aromatic carbocycles. The Morgan fingerprint density at radius 2 is 1.55 bits per heavy atom. The number of hydrogen-bond donors (Lipinski definition) is 0. The van der Waals surface area contributed by atoms with Gasteiger partial charge in [0.2, 0.25) is 0 Å². The first-order chi connectivity index (χ1) is 9.33. The maximum absolute atomic E-state index is 12.6. The molecule has 0 fully saturated rings. The highest BCUT2D eigenvalue weighted by Crippen LogP contribution is 2.21. The van der Waals surface area contributed by atoms with Gasteiger partial charge in [0.15, 0.2) is 5.78 Å². The first-order valence-electron chi connectivity index (χ1n) is 6.90. The van der Waals surface area contributed by atoms with Crippen LogP contribution in [-0.4, -0.2) is 56.9 Å². The Labute approximate surface area is 122 Å². The molecule has 0 amide bonds. The second-order valence-electron chi connectivity index (χ2n) is 6.14. The van der Waals surface area contributed by atoms with Crippen molar-refractivity contribution in [2.24, 2.45) is 5.41 Å². The minimum absolute atomic E-state index is 0.170. The molecule has 20 heavy (non-hydrogen) atoms. The highest BCUT2D eigenvalue weighted by atomic mass is 16.1. The molecule has 3 nitrogen and oxygen atoms in total. The van der Waals surface area contributed by atoms with Gasteiger partial charge in [0.1, 0.15) is 0 Å². The Morgan fingerprint density at radius 3 is 2.00 bits per heavy atom. The Balaban J connectivity index is 2.85. The summed E-state index contributed by atoms with van der Waals surface area (Å²) >= 11 is 0. The number of allylic oxidation sites excluding steroid dienone is 1. The fraction of sp³-hybridized carbons (Fsp3) is 0.471. The van der Waals surface area contributed by atoms with E-state index in [9.17, 15) is 4.79 Å². The minimum Gasteiger partial charge on any atom is -0.308 e. The molecule has 0 aliphatic rings. The molecule has 0 aliphatic heterocycles. The van der Waals surface area contributed by atoms with E-state index in [4.69, 9.17) is 0 Å². The average molecular weight is 274 g/mol. The van der Waals surface area contributed by atoms with Gasteiger partial charge in [-0.3, -0.25) is 4.79 Å². The fourth-order valence-corrected chi connectivity index (χ4v) is 2.54. The second kappa shape index (κ2) is 7.36. The average Bonchev–Trinajstić information content (AvgIpc) is 2.35. The molecule has 0 N–H and O–H groups in total. The number of rotatable bonds is 7. The number of carbonyl (C=O) groups excluding carboxylic acids is 1. The van der Waals surface area contributed by atoms with Gasteiger partial charge in [-0.2, -0.15) is 0 Å². The molecule has 1 rings (SSSR count). The molecule has 3 heteroatoms. The van der Waals surface area contributed by atoms with E-state index in [1.807, 2.05) is 71.5 Å². The van der Waals surface area contributed by atoms with E-state index in [0.29, 0.717) is 0 Å². The molecule has 0 heterocycles. The highest BCUT2D eigenvalue weighted by molar-refractivity contribution is 5.98. The fourth-order valence-electron chi connectivity index (χ4n) is 2.54. The Kier molecular flexibility index (Phi) is 6.11. The van der Waals surface area contributed by atoms with Crippen LogP contribution in [-0.2, 0) is 4.79 Å². The molecule has 0 aliphatic carbocycles. The highest BCUT2D eigenvalue weighted by Gasteiger charge is 2.32. The van der Waals surface area contributed by atoms with Crippen molar-refractivity contribution >= 4 is 11.9 Å². The van der Waals surface area contributed by atoms with Gasteiger partial charge >= 0.3 is 0 Å². The number of carbonyl (C=O) groups is 1. The van der Waals surface area contributed by atoms with Crippen molar-refractivity contribution in [3.05, 3.63) is 42.0 Å². The van der Waals surface area contributed by atoms with Gasteiger partial charge in [-0.05, 0) is 46.8 Å². The van der Waals surface area contributed by atoms with Crippen LogP contribution in [0, 0.1) is 5.41 Å². The van der Waals surface area contributed by atoms with Crippen LogP contribution in [0.25, 0.3) is 6.08 Å². The van der Waals surface area contributed by atoms with Crippen molar-refractivity contribution in [2.75, 3.05) is 41.3 Å². The van der Waals surface area contributed by atoms with Gasteiger partial charge in [0, 0.05) is 13.1 Å². The zero-order chi connectivity index (χ0) is 15.2. The number of ketones is 1. The quantitative estimate of drug-likeness (QED) is 0.713. The van der Waals surface area contributed by atoms with Crippen LogP contribution in [0.2, 0.25) is 0 Å². The maximum Gasteiger partial charge on any atom is 0.164 e. The van der Waals surface area contributed by atoms with E-state index >= 15 is 0 Å². The predicted octanol–water partition coefficient (Wildman–Crippen LogP) is 2.40. The lowest BCUT2D eigenvalue weighted by molar-refractivity contribution is -0.124. The normalized spacial score (nSPS) is 12.6. The van der Waals surface area contributed by atoms with E-state index in [2.05, 4.69) is 9.80 Å². The van der Waals surface area contributed by atoms with E-state index in [-0.39, 0.29) is 5.78 Å². The maximum atomic E-state index is 12.6. The third-order valence-electron chi connectivity index (χ3n) is 3.15. The molecule has 110 valence electrons. The summed E-state index contributed by atoms with van der Waals surface area (Å²) in [7, 11) is 8.01.